The van der Waals surface area contributed by atoms with Crippen LogP contribution in [-0.2, 0) is 0 Å². The Hall–Kier alpha value is -0.970. The van der Waals surface area contributed by atoms with Crippen LogP contribution < -0.4 is 14.8 Å². The van der Waals surface area contributed by atoms with E-state index in [1.54, 1.807) is 0 Å². The zero-order chi connectivity index (χ0) is 14.7. The van der Waals surface area contributed by atoms with E-state index in [4.69, 9.17) is 21.1 Å². The summed E-state index contributed by atoms with van der Waals surface area (Å²) in [6.07, 6.45) is 6.19. The number of aliphatic hydroxyl groups is 1. The van der Waals surface area contributed by atoms with Gasteiger partial charge in [0.2, 0.25) is 0 Å². The predicted molar refractivity (Wildman–Crippen MR) is 82.3 cm³/mol. The Morgan fingerprint density at radius 2 is 1.95 bits per heavy atom. The van der Waals surface area contributed by atoms with E-state index in [0.717, 1.165) is 5.56 Å². The molecule has 2 N–H and O–H groups in total. The summed E-state index contributed by atoms with van der Waals surface area (Å²) in [5.74, 6) is 1.29. The van der Waals surface area contributed by atoms with Crippen LogP contribution in [0, 0.1) is 0 Å². The lowest BCUT2D eigenvalue weighted by Crippen LogP contribution is -2.36. The van der Waals surface area contributed by atoms with E-state index in [2.05, 4.69) is 5.32 Å². The molecule has 1 aliphatic carbocycles. The largest absolute Gasteiger partial charge is 0.486 e. The fourth-order valence-electron chi connectivity index (χ4n) is 3.14. The number of nitrogens with one attached hydrogen (secondary N) is 1. The van der Waals surface area contributed by atoms with Crippen molar-refractivity contribution < 1.29 is 14.6 Å². The summed E-state index contributed by atoms with van der Waals surface area (Å²) >= 11 is 6.28. The maximum atomic E-state index is 9.73. The van der Waals surface area contributed by atoms with Gasteiger partial charge in [-0.15, -0.1) is 0 Å². The highest BCUT2D eigenvalue weighted by molar-refractivity contribution is 6.32. The highest BCUT2D eigenvalue weighted by Crippen LogP contribution is 2.39. The Morgan fingerprint density at radius 3 is 2.71 bits per heavy atom. The van der Waals surface area contributed by atoms with Crippen LogP contribution in [-0.4, -0.2) is 31.0 Å². The molecule has 0 amide bonds. The maximum Gasteiger partial charge on any atom is 0.179 e. The van der Waals surface area contributed by atoms with Gasteiger partial charge in [-0.2, -0.15) is 0 Å². The Balaban J connectivity index is 1.78. The monoisotopic (exact) mass is 311 g/mol. The summed E-state index contributed by atoms with van der Waals surface area (Å²) in [4.78, 5) is 0. The Morgan fingerprint density at radius 1 is 1.19 bits per heavy atom. The molecule has 1 fully saturated rings. The molecule has 0 radical (unpaired) electrons. The molecule has 3 rings (SSSR count). The number of benzene rings is 1. The smallest absolute Gasteiger partial charge is 0.179 e. The second kappa shape index (κ2) is 6.86. The normalized spacial score (nSPS) is 20.3. The van der Waals surface area contributed by atoms with E-state index < -0.39 is 0 Å². The number of fused-ring (bicyclic) bond motifs is 1. The number of hydrogen-bond donors (Lipinski definition) is 2. The van der Waals surface area contributed by atoms with Gasteiger partial charge in [-0.1, -0.05) is 30.9 Å². The molecule has 1 aromatic rings. The van der Waals surface area contributed by atoms with Gasteiger partial charge in [-0.25, -0.2) is 0 Å². The summed E-state index contributed by atoms with van der Waals surface area (Å²) in [5.41, 5.74) is 0.956. The minimum Gasteiger partial charge on any atom is -0.486 e. The fourth-order valence-corrected chi connectivity index (χ4v) is 3.41. The van der Waals surface area contributed by atoms with Crippen LogP contribution in [0.3, 0.4) is 0 Å². The second-order valence-electron chi connectivity index (χ2n) is 5.76. The van der Waals surface area contributed by atoms with Crippen molar-refractivity contribution in [2.75, 3.05) is 19.8 Å². The minimum atomic E-state index is -0.110. The van der Waals surface area contributed by atoms with Crippen molar-refractivity contribution in [1.82, 2.24) is 5.32 Å². The average molecular weight is 312 g/mol. The van der Waals surface area contributed by atoms with Crippen molar-refractivity contribution in [2.45, 2.75) is 44.2 Å². The second-order valence-corrected chi connectivity index (χ2v) is 6.17. The fraction of sp³-hybridized carbons (Fsp3) is 0.625. The van der Waals surface area contributed by atoms with E-state index in [1.165, 1.54) is 32.1 Å². The lowest BCUT2D eigenvalue weighted by atomic mass is 9.94. The van der Waals surface area contributed by atoms with E-state index in [0.29, 0.717) is 35.8 Å². The lowest BCUT2D eigenvalue weighted by molar-refractivity contribution is 0.170. The van der Waals surface area contributed by atoms with Gasteiger partial charge in [0, 0.05) is 6.04 Å². The Bertz CT molecular complexity index is 489. The molecule has 1 heterocycles. The standard InChI is InChI=1S/C16H22ClNO3/c17-13-8-11(9-15-16(13)21-7-6-20-15)14(10-19)18-12-4-2-1-3-5-12/h8-9,12,14,18-19H,1-7,10H2. The summed E-state index contributed by atoms with van der Waals surface area (Å²) in [6, 6.07) is 4.16. The van der Waals surface area contributed by atoms with Gasteiger partial charge in [0.1, 0.15) is 13.2 Å². The van der Waals surface area contributed by atoms with E-state index in [1.807, 2.05) is 12.1 Å². The van der Waals surface area contributed by atoms with Crippen LogP contribution in [0.2, 0.25) is 5.02 Å². The molecule has 2 aliphatic rings. The van der Waals surface area contributed by atoms with Gasteiger partial charge in [0.15, 0.2) is 11.5 Å². The quantitative estimate of drug-likeness (QED) is 0.897. The Labute approximate surface area is 130 Å². The van der Waals surface area contributed by atoms with Crippen LogP contribution in [0.5, 0.6) is 11.5 Å². The molecule has 0 bridgehead atoms. The van der Waals surface area contributed by atoms with E-state index in [9.17, 15) is 5.11 Å². The molecule has 1 aliphatic heterocycles. The lowest BCUT2D eigenvalue weighted by Gasteiger charge is -2.29. The van der Waals surface area contributed by atoms with Crippen molar-refractivity contribution in [3.8, 4) is 11.5 Å². The average Bonchev–Trinajstić information content (AvgIpc) is 2.53. The first-order valence-corrected chi connectivity index (χ1v) is 8.11. The number of hydrogen-bond acceptors (Lipinski definition) is 4. The van der Waals surface area contributed by atoms with Gasteiger partial charge >= 0.3 is 0 Å². The third-order valence-corrected chi connectivity index (χ3v) is 4.53. The minimum absolute atomic E-state index is 0.0481. The van der Waals surface area contributed by atoms with Crippen molar-refractivity contribution >= 4 is 11.6 Å². The molecular weight excluding hydrogens is 290 g/mol. The van der Waals surface area contributed by atoms with Crippen LogP contribution >= 0.6 is 11.6 Å². The molecule has 1 atom stereocenters. The summed E-state index contributed by atoms with van der Waals surface area (Å²) < 4.78 is 11.1. The molecule has 0 spiro atoms. The predicted octanol–water partition coefficient (Wildman–Crippen LogP) is 3.07. The molecule has 0 saturated heterocycles. The molecule has 1 saturated carbocycles. The molecule has 5 heteroatoms. The first kappa shape index (κ1) is 14.9. The number of ether oxygens (including phenoxy) is 2. The van der Waals surface area contributed by atoms with Gasteiger partial charge in [0.05, 0.1) is 17.7 Å². The van der Waals surface area contributed by atoms with Crippen LogP contribution in [0.15, 0.2) is 12.1 Å². The third-order valence-electron chi connectivity index (χ3n) is 4.25. The van der Waals surface area contributed by atoms with Crippen molar-refractivity contribution in [2.24, 2.45) is 0 Å². The van der Waals surface area contributed by atoms with Gasteiger partial charge in [0.25, 0.3) is 0 Å². The van der Waals surface area contributed by atoms with Gasteiger partial charge in [-0.05, 0) is 30.5 Å². The van der Waals surface area contributed by atoms with E-state index in [-0.39, 0.29) is 12.6 Å². The molecule has 1 unspecified atom stereocenters. The third kappa shape index (κ3) is 3.44. The van der Waals surface area contributed by atoms with Crippen LogP contribution in [0.1, 0.15) is 43.7 Å². The molecule has 0 aromatic heterocycles. The molecular formula is C16H22ClNO3. The summed E-state index contributed by atoms with van der Waals surface area (Å²) in [5, 5.41) is 13.8. The topological polar surface area (TPSA) is 50.7 Å². The van der Waals surface area contributed by atoms with Crippen LogP contribution in [0.25, 0.3) is 0 Å². The van der Waals surface area contributed by atoms with Gasteiger partial charge < -0.3 is 19.9 Å². The zero-order valence-corrected chi connectivity index (χ0v) is 12.9. The highest BCUT2D eigenvalue weighted by Gasteiger charge is 2.23. The SMILES string of the molecule is OCC(NC1CCCCC1)c1cc(Cl)c2c(c1)OCCO2. The number of halogens is 1. The molecule has 116 valence electrons. The van der Waals surface area contributed by atoms with Crippen molar-refractivity contribution in [1.29, 1.82) is 0 Å². The maximum absolute atomic E-state index is 9.73. The summed E-state index contributed by atoms with van der Waals surface area (Å²) in [7, 11) is 0. The van der Waals surface area contributed by atoms with Crippen molar-refractivity contribution in [3.05, 3.63) is 22.7 Å². The van der Waals surface area contributed by atoms with Gasteiger partial charge in [-0.3, -0.25) is 0 Å². The first-order chi connectivity index (χ1) is 10.3. The zero-order valence-electron chi connectivity index (χ0n) is 12.1. The van der Waals surface area contributed by atoms with E-state index >= 15 is 0 Å². The molecule has 4 nitrogen and oxygen atoms in total. The number of rotatable bonds is 4. The molecule has 21 heavy (non-hydrogen) atoms. The Kier molecular flexibility index (Phi) is 4.88. The molecule has 1 aromatic carbocycles. The van der Waals surface area contributed by atoms with Crippen LogP contribution in [0.4, 0.5) is 0 Å². The summed E-state index contributed by atoms with van der Waals surface area (Å²) in [6.45, 7) is 1.11. The van der Waals surface area contributed by atoms with Crippen molar-refractivity contribution in [3.63, 3.8) is 0 Å². The number of aliphatic hydroxyl groups excluding tert-OH is 1. The highest BCUT2D eigenvalue weighted by atomic mass is 35.5. The first-order valence-electron chi connectivity index (χ1n) is 7.74.